The zero-order valence-corrected chi connectivity index (χ0v) is 11.6. The Balaban J connectivity index is 2.32. The number of anilines is 1. The molecule has 0 saturated carbocycles. The maximum atomic E-state index is 6.03. The molecule has 0 amide bonds. The molecule has 0 aliphatic heterocycles. The minimum absolute atomic E-state index is 0.221. The number of rotatable bonds is 2. The van der Waals surface area contributed by atoms with Gasteiger partial charge in [0.05, 0.1) is 11.4 Å². The van der Waals surface area contributed by atoms with E-state index >= 15 is 0 Å². The van der Waals surface area contributed by atoms with E-state index in [1.165, 1.54) is 5.56 Å². The second-order valence-corrected chi connectivity index (χ2v) is 6.05. The predicted octanol–water partition coefficient (Wildman–Crippen LogP) is 3.35. The SMILES string of the molecule is Cc1ccc(-n2nc(CC(C)(C)C)cc2N)cc1. The molecule has 0 atom stereocenters. The number of hydrogen-bond donors (Lipinski definition) is 1. The van der Waals surface area contributed by atoms with Crippen LogP contribution in [0.4, 0.5) is 5.82 Å². The highest BCUT2D eigenvalue weighted by atomic mass is 15.3. The third-order valence-corrected chi connectivity index (χ3v) is 2.78. The Morgan fingerprint density at radius 2 is 1.78 bits per heavy atom. The van der Waals surface area contributed by atoms with Gasteiger partial charge in [-0.3, -0.25) is 0 Å². The molecule has 0 aliphatic carbocycles. The van der Waals surface area contributed by atoms with Gasteiger partial charge in [-0.25, -0.2) is 4.68 Å². The van der Waals surface area contributed by atoms with E-state index in [-0.39, 0.29) is 5.41 Å². The Kier molecular flexibility index (Phi) is 3.16. The lowest BCUT2D eigenvalue weighted by Gasteiger charge is -2.15. The average molecular weight is 243 g/mol. The molecule has 1 aromatic carbocycles. The average Bonchev–Trinajstić information content (AvgIpc) is 2.58. The third-order valence-electron chi connectivity index (χ3n) is 2.78. The fraction of sp³-hybridized carbons (Fsp3) is 0.400. The maximum Gasteiger partial charge on any atom is 0.127 e. The van der Waals surface area contributed by atoms with Gasteiger partial charge < -0.3 is 5.73 Å². The highest BCUT2D eigenvalue weighted by molar-refractivity contribution is 5.43. The van der Waals surface area contributed by atoms with E-state index in [1.807, 2.05) is 18.2 Å². The number of nitrogen functional groups attached to an aromatic ring is 1. The van der Waals surface area contributed by atoms with E-state index in [4.69, 9.17) is 5.73 Å². The molecule has 2 aromatic rings. The fourth-order valence-corrected chi connectivity index (χ4v) is 1.97. The van der Waals surface area contributed by atoms with Crippen LogP contribution >= 0.6 is 0 Å². The summed E-state index contributed by atoms with van der Waals surface area (Å²) in [7, 11) is 0. The first-order valence-corrected chi connectivity index (χ1v) is 6.27. The summed E-state index contributed by atoms with van der Waals surface area (Å²) in [6.07, 6.45) is 0.927. The van der Waals surface area contributed by atoms with E-state index in [0.29, 0.717) is 5.82 Å². The number of nitrogens with zero attached hydrogens (tertiary/aromatic N) is 2. The quantitative estimate of drug-likeness (QED) is 0.879. The molecule has 0 fully saturated rings. The summed E-state index contributed by atoms with van der Waals surface area (Å²) in [5.74, 6) is 0.693. The lowest BCUT2D eigenvalue weighted by Crippen LogP contribution is -2.10. The summed E-state index contributed by atoms with van der Waals surface area (Å²) in [6, 6.07) is 10.2. The highest BCUT2D eigenvalue weighted by Crippen LogP contribution is 2.22. The number of benzene rings is 1. The molecule has 96 valence electrons. The van der Waals surface area contributed by atoms with E-state index in [1.54, 1.807) is 4.68 Å². The van der Waals surface area contributed by atoms with Crippen molar-refractivity contribution in [2.24, 2.45) is 5.41 Å². The molecule has 0 bridgehead atoms. The van der Waals surface area contributed by atoms with Crippen LogP contribution in [-0.4, -0.2) is 9.78 Å². The van der Waals surface area contributed by atoms with Gasteiger partial charge in [0.15, 0.2) is 0 Å². The third kappa shape index (κ3) is 2.92. The summed E-state index contributed by atoms with van der Waals surface area (Å²) < 4.78 is 1.81. The molecule has 0 radical (unpaired) electrons. The summed E-state index contributed by atoms with van der Waals surface area (Å²) in [5, 5.41) is 4.59. The molecule has 0 saturated heterocycles. The summed E-state index contributed by atoms with van der Waals surface area (Å²) in [6.45, 7) is 8.68. The Morgan fingerprint density at radius 1 is 1.17 bits per heavy atom. The van der Waals surface area contributed by atoms with Crippen LogP contribution < -0.4 is 5.73 Å². The molecular formula is C15H21N3. The number of aryl methyl sites for hydroxylation is 1. The monoisotopic (exact) mass is 243 g/mol. The molecule has 0 unspecified atom stereocenters. The van der Waals surface area contributed by atoms with Crippen LogP contribution in [0.15, 0.2) is 30.3 Å². The lowest BCUT2D eigenvalue weighted by molar-refractivity contribution is 0.405. The van der Waals surface area contributed by atoms with Gasteiger partial charge in [0.25, 0.3) is 0 Å². The topological polar surface area (TPSA) is 43.8 Å². The first-order valence-electron chi connectivity index (χ1n) is 6.27. The Morgan fingerprint density at radius 3 is 2.33 bits per heavy atom. The molecule has 18 heavy (non-hydrogen) atoms. The first-order chi connectivity index (χ1) is 8.35. The molecular weight excluding hydrogens is 222 g/mol. The largest absolute Gasteiger partial charge is 0.384 e. The number of nitrogens with two attached hydrogens (primary N) is 1. The van der Waals surface area contributed by atoms with Gasteiger partial charge in [-0.1, -0.05) is 38.5 Å². The normalized spacial score (nSPS) is 11.8. The Bertz CT molecular complexity index is 530. The zero-order chi connectivity index (χ0) is 13.3. The Labute approximate surface area is 109 Å². The van der Waals surface area contributed by atoms with Crippen molar-refractivity contribution in [3.05, 3.63) is 41.6 Å². The van der Waals surface area contributed by atoms with Gasteiger partial charge in [-0.15, -0.1) is 0 Å². The van der Waals surface area contributed by atoms with Crippen LogP contribution in [0.5, 0.6) is 0 Å². The zero-order valence-electron chi connectivity index (χ0n) is 11.6. The summed E-state index contributed by atoms with van der Waals surface area (Å²) >= 11 is 0. The van der Waals surface area contributed by atoms with Crippen LogP contribution in [0, 0.1) is 12.3 Å². The van der Waals surface area contributed by atoms with Crippen molar-refractivity contribution in [3.8, 4) is 5.69 Å². The lowest BCUT2D eigenvalue weighted by atomic mass is 9.91. The van der Waals surface area contributed by atoms with E-state index in [9.17, 15) is 0 Å². The van der Waals surface area contributed by atoms with E-state index in [2.05, 4.69) is 44.9 Å². The first kappa shape index (κ1) is 12.7. The van der Waals surface area contributed by atoms with Crippen molar-refractivity contribution in [2.45, 2.75) is 34.1 Å². The molecule has 0 aliphatic rings. The number of aromatic nitrogens is 2. The standard InChI is InChI=1S/C15H21N3/c1-11-5-7-13(8-6-11)18-14(16)9-12(17-18)10-15(2,3)4/h5-9H,10,16H2,1-4H3. The van der Waals surface area contributed by atoms with Gasteiger partial charge in [-0.2, -0.15) is 5.10 Å². The van der Waals surface area contributed by atoms with E-state index < -0.39 is 0 Å². The number of hydrogen-bond acceptors (Lipinski definition) is 2. The molecule has 2 N–H and O–H groups in total. The minimum atomic E-state index is 0.221. The van der Waals surface area contributed by atoms with Crippen molar-refractivity contribution in [1.29, 1.82) is 0 Å². The van der Waals surface area contributed by atoms with Gasteiger partial charge >= 0.3 is 0 Å². The predicted molar refractivity (Wildman–Crippen MR) is 75.9 cm³/mol. The summed E-state index contributed by atoms with van der Waals surface area (Å²) in [4.78, 5) is 0. The van der Waals surface area contributed by atoms with Crippen LogP contribution in [0.25, 0.3) is 5.69 Å². The fourth-order valence-electron chi connectivity index (χ4n) is 1.97. The van der Waals surface area contributed by atoms with Gasteiger partial charge in [-0.05, 0) is 30.9 Å². The second-order valence-electron chi connectivity index (χ2n) is 6.05. The van der Waals surface area contributed by atoms with Gasteiger partial charge in [0, 0.05) is 6.07 Å². The van der Waals surface area contributed by atoms with Crippen molar-refractivity contribution >= 4 is 5.82 Å². The summed E-state index contributed by atoms with van der Waals surface area (Å²) in [5.41, 5.74) is 9.54. The van der Waals surface area contributed by atoms with Crippen LogP contribution in [0.3, 0.4) is 0 Å². The van der Waals surface area contributed by atoms with Gasteiger partial charge in [0.2, 0.25) is 0 Å². The van der Waals surface area contributed by atoms with Crippen molar-refractivity contribution in [3.63, 3.8) is 0 Å². The second kappa shape index (κ2) is 4.48. The van der Waals surface area contributed by atoms with Crippen molar-refractivity contribution in [1.82, 2.24) is 9.78 Å². The van der Waals surface area contributed by atoms with E-state index in [0.717, 1.165) is 17.8 Å². The molecule has 3 heteroatoms. The smallest absolute Gasteiger partial charge is 0.127 e. The molecule has 0 spiro atoms. The molecule has 1 heterocycles. The maximum absolute atomic E-state index is 6.03. The van der Waals surface area contributed by atoms with Crippen molar-refractivity contribution in [2.75, 3.05) is 5.73 Å². The van der Waals surface area contributed by atoms with Crippen LogP contribution in [0.1, 0.15) is 32.0 Å². The molecule has 3 nitrogen and oxygen atoms in total. The minimum Gasteiger partial charge on any atom is -0.384 e. The van der Waals surface area contributed by atoms with Crippen LogP contribution in [0.2, 0.25) is 0 Å². The highest BCUT2D eigenvalue weighted by Gasteiger charge is 2.15. The van der Waals surface area contributed by atoms with Crippen molar-refractivity contribution < 1.29 is 0 Å². The van der Waals surface area contributed by atoms with Gasteiger partial charge in [0.1, 0.15) is 5.82 Å². The molecule has 1 aromatic heterocycles. The Hall–Kier alpha value is -1.77. The van der Waals surface area contributed by atoms with Crippen LogP contribution in [-0.2, 0) is 6.42 Å². The molecule has 2 rings (SSSR count).